The molecule has 0 bridgehead atoms. The third-order valence-electron chi connectivity index (χ3n) is 8.08. The van der Waals surface area contributed by atoms with E-state index in [9.17, 15) is 9.59 Å². The van der Waals surface area contributed by atoms with Gasteiger partial charge in [0.15, 0.2) is 5.78 Å². The Morgan fingerprint density at radius 3 is 1.62 bits per heavy atom. The Labute approximate surface area is 241 Å². The van der Waals surface area contributed by atoms with Gasteiger partial charge in [0.05, 0.1) is 53.1 Å². The van der Waals surface area contributed by atoms with E-state index in [2.05, 4.69) is 21.0 Å². The van der Waals surface area contributed by atoms with Gasteiger partial charge in [0.2, 0.25) is 5.78 Å². The van der Waals surface area contributed by atoms with Gasteiger partial charge in [-0.05, 0) is 31.0 Å². The predicted molar refractivity (Wildman–Crippen MR) is 161 cm³/mol. The molecule has 1 aliphatic carbocycles. The molecule has 0 atom stereocenters. The summed E-state index contributed by atoms with van der Waals surface area (Å²) in [5.74, 6) is 0.749. The Morgan fingerprint density at radius 2 is 1.10 bits per heavy atom. The van der Waals surface area contributed by atoms with Gasteiger partial charge in [-0.2, -0.15) is 0 Å². The van der Waals surface area contributed by atoms with Crippen LogP contribution < -0.4 is 14.2 Å². The lowest BCUT2D eigenvalue weighted by molar-refractivity contribution is -0.903. The Hall–Kier alpha value is -2.86. The van der Waals surface area contributed by atoms with Crippen molar-refractivity contribution in [2.45, 2.75) is 90.5 Å². The molecule has 0 amide bonds. The summed E-state index contributed by atoms with van der Waals surface area (Å²) in [4.78, 5) is 27.2. The Morgan fingerprint density at radius 1 is 0.600 bits per heavy atom. The van der Waals surface area contributed by atoms with Crippen molar-refractivity contribution in [2.24, 2.45) is 0 Å². The molecular weight excluding hydrogens is 502 g/mol. The molecule has 0 aromatic heterocycles. The highest BCUT2D eigenvalue weighted by atomic mass is 16.5. The zero-order valence-corrected chi connectivity index (χ0v) is 25.7. The van der Waals surface area contributed by atoms with Crippen LogP contribution in [0, 0.1) is 0 Å². The minimum absolute atomic E-state index is 0.215. The molecule has 0 saturated heterocycles. The van der Waals surface area contributed by atoms with Crippen LogP contribution in [0.1, 0.15) is 121 Å². The summed E-state index contributed by atoms with van der Waals surface area (Å²) >= 11 is 0. The summed E-state index contributed by atoms with van der Waals surface area (Å²) in [5.41, 5.74) is 2.23. The number of fused-ring (bicyclic) bond motifs is 2. The molecule has 3 rings (SSSR count). The lowest BCUT2D eigenvalue weighted by atomic mass is 9.82. The Bertz CT molecular complexity index is 1150. The number of ketones is 2. The third kappa shape index (κ3) is 8.09. The first kappa shape index (κ1) is 31.7. The van der Waals surface area contributed by atoms with Crippen LogP contribution in [0.4, 0.5) is 0 Å². The molecule has 0 spiro atoms. The standard InChI is InChI=1S/C34H50NO5/c1-7-8-9-10-11-12-13-14-15-16-17-18-19-35(2,3)24-25-20-27-31(29(21-25)39-5)34(37)32-28(33(27)36)22-26(38-4)23-30(32)40-6/h20-23H,7-19,24H2,1-6H3/q+1. The van der Waals surface area contributed by atoms with E-state index in [-0.39, 0.29) is 17.1 Å². The summed E-state index contributed by atoms with van der Waals surface area (Å²) in [6, 6.07) is 7.03. The van der Waals surface area contributed by atoms with Crippen LogP contribution in [0.2, 0.25) is 0 Å². The van der Waals surface area contributed by atoms with E-state index in [0.717, 1.165) is 23.1 Å². The number of ether oxygens (including phenoxy) is 3. The van der Waals surface area contributed by atoms with E-state index in [4.69, 9.17) is 14.2 Å². The number of methoxy groups -OCH3 is 3. The molecule has 220 valence electrons. The first-order chi connectivity index (χ1) is 19.3. The molecule has 0 radical (unpaired) electrons. The number of benzene rings is 2. The smallest absolute Gasteiger partial charge is 0.201 e. The maximum Gasteiger partial charge on any atom is 0.201 e. The molecule has 0 aliphatic heterocycles. The quantitative estimate of drug-likeness (QED) is 0.119. The van der Waals surface area contributed by atoms with Gasteiger partial charge in [0, 0.05) is 22.8 Å². The fraction of sp³-hybridized carbons (Fsp3) is 0.588. The normalized spacial score (nSPS) is 12.8. The van der Waals surface area contributed by atoms with Crippen molar-refractivity contribution in [3.05, 3.63) is 52.1 Å². The van der Waals surface area contributed by atoms with Crippen LogP contribution in [-0.4, -0.2) is 58.0 Å². The number of quaternary nitrogens is 1. The number of rotatable bonds is 18. The minimum atomic E-state index is -0.266. The van der Waals surface area contributed by atoms with Gasteiger partial charge in [-0.3, -0.25) is 9.59 Å². The summed E-state index contributed by atoms with van der Waals surface area (Å²) in [7, 11) is 9.01. The summed E-state index contributed by atoms with van der Waals surface area (Å²) in [5, 5.41) is 0. The molecule has 0 unspecified atom stereocenters. The fourth-order valence-corrected chi connectivity index (χ4v) is 5.84. The monoisotopic (exact) mass is 552 g/mol. The molecule has 0 heterocycles. The van der Waals surface area contributed by atoms with Gasteiger partial charge < -0.3 is 18.7 Å². The van der Waals surface area contributed by atoms with Crippen molar-refractivity contribution in [2.75, 3.05) is 42.0 Å². The number of nitrogens with zero attached hydrogens (tertiary/aromatic N) is 1. The van der Waals surface area contributed by atoms with E-state index in [1.54, 1.807) is 19.2 Å². The first-order valence-electron chi connectivity index (χ1n) is 15.1. The van der Waals surface area contributed by atoms with Gasteiger partial charge in [-0.1, -0.05) is 71.1 Å². The molecular formula is C34H50NO5+. The first-order valence-corrected chi connectivity index (χ1v) is 15.1. The molecule has 6 nitrogen and oxygen atoms in total. The zero-order chi connectivity index (χ0) is 29.1. The highest BCUT2D eigenvalue weighted by Gasteiger charge is 2.36. The molecule has 1 aliphatic rings. The number of carbonyl (C=O) groups excluding carboxylic acids is 2. The lowest BCUT2D eigenvalue weighted by Crippen LogP contribution is -2.39. The van der Waals surface area contributed by atoms with Crippen LogP contribution in [0.5, 0.6) is 17.2 Å². The molecule has 2 aromatic rings. The lowest BCUT2D eigenvalue weighted by Gasteiger charge is -2.31. The van der Waals surface area contributed by atoms with Crippen molar-refractivity contribution in [1.29, 1.82) is 0 Å². The summed E-state index contributed by atoms with van der Waals surface area (Å²) in [6.45, 7) is 4.07. The third-order valence-corrected chi connectivity index (χ3v) is 8.08. The van der Waals surface area contributed by atoms with Crippen molar-refractivity contribution in [3.63, 3.8) is 0 Å². The maximum atomic E-state index is 13.6. The molecule has 0 fully saturated rings. The SMILES string of the molecule is CCCCCCCCCCCCCC[N+](C)(C)Cc1cc(OC)c2c(c1)C(=O)c1cc(OC)cc(OC)c1C2=O. The van der Waals surface area contributed by atoms with E-state index in [1.165, 1.54) is 91.3 Å². The molecule has 0 N–H and O–H groups in total. The van der Waals surface area contributed by atoms with Crippen molar-refractivity contribution in [1.82, 2.24) is 0 Å². The zero-order valence-electron chi connectivity index (χ0n) is 25.7. The fourth-order valence-electron chi connectivity index (χ4n) is 5.84. The van der Waals surface area contributed by atoms with Gasteiger partial charge in [0.25, 0.3) is 0 Å². The van der Waals surface area contributed by atoms with Gasteiger partial charge in [-0.15, -0.1) is 0 Å². The average Bonchev–Trinajstić information content (AvgIpc) is 2.94. The minimum Gasteiger partial charge on any atom is -0.497 e. The largest absolute Gasteiger partial charge is 0.497 e. The molecule has 6 heteroatoms. The number of unbranched alkanes of at least 4 members (excludes halogenated alkanes) is 11. The van der Waals surface area contributed by atoms with Gasteiger partial charge in [-0.25, -0.2) is 0 Å². The number of hydrogen-bond donors (Lipinski definition) is 0. The second-order valence-corrected chi connectivity index (χ2v) is 11.8. The maximum absolute atomic E-state index is 13.6. The topological polar surface area (TPSA) is 61.8 Å². The summed E-state index contributed by atoms with van der Waals surface area (Å²) < 4.78 is 17.3. The van der Waals surface area contributed by atoms with E-state index < -0.39 is 0 Å². The van der Waals surface area contributed by atoms with Crippen molar-refractivity contribution < 1.29 is 28.3 Å². The molecule has 0 saturated carbocycles. The predicted octanol–water partition coefficient (Wildman–Crippen LogP) is 7.77. The average molecular weight is 553 g/mol. The van der Waals surface area contributed by atoms with E-state index in [1.807, 2.05) is 12.1 Å². The van der Waals surface area contributed by atoms with Gasteiger partial charge in [0.1, 0.15) is 23.8 Å². The van der Waals surface area contributed by atoms with Crippen molar-refractivity contribution in [3.8, 4) is 17.2 Å². The highest BCUT2D eigenvalue weighted by molar-refractivity contribution is 6.30. The van der Waals surface area contributed by atoms with E-state index in [0.29, 0.717) is 33.9 Å². The van der Waals surface area contributed by atoms with Crippen LogP contribution in [-0.2, 0) is 6.54 Å². The summed E-state index contributed by atoms with van der Waals surface area (Å²) in [6.07, 6.45) is 16.1. The van der Waals surface area contributed by atoms with Crippen LogP contribution >= 0.6 is 0 Å². The van der Waals surface area contributed by atoms with Crippen LogP contribution in [0.15, 0.2) is 24.3 Å². The number of carbonyl (C=O) groups is 2. The second-order valence-electron chi connectivity index (χ2n) is 11.8. The van der Waals surface area contributed by atoms with Crippen LogP contribution in [0.25, 0.3) is 0 Å². The Kier molecular flexibility index (Phi) is 12.1. The van der Waals surface area contributed by atoms with Crippen LogP contribution in [0.3, 0.4) is 0 Å². The second kappa shape index (κ2) is 15.2. The van der Waals surface area contributed by atoms with Gasteiger partial charge >= 0.3 is 0 Å². The number of hydrogen-bond acceptors (Lipinski definition) is 5. The highest BCUT2D eigenvalue weighted by Crippen LogP contribution is 2.40. The molecule has 2 aromatic carbocycles. The Balaban J connectivity index is 1.59. The van der Waals surface area contributed by atoms with E-state index >= 15 is 0 Å². The van der Waals surface area contributed by atoms with Crippen molar-refractivity contribution >= 4 is 11.6 Å². The molecule has 40 heavy (non-hydrogen) atoms.